The van der Waals surface area contributed by atoms with E-state index in [0.717, 1.165) is 110 Å². The molecule has 0 saturated carbocycles. The standard InChI is InChI=1S/2C32H31F3N8O/c2*1-21-11-12-24(39-30(44)22-7-6-8-23(17-22)32(33,34)35)18-26(21)41-31-40-25-9-2-3-10-27(25)43(31)29-19-28(37-20-38-29)36-13-16-42-14-4-5-15-42/h2*2-3,6-12,17-20H,4-5,13-16H2,1H3,(H,39,44)(H,40,41)(H,36,37,38). The van der Waals surface area contributed by atoms with Crippen LogP contribution in [0.2, 0.25) is 0 Å². The molecule has 2 saturated heterocycles. The molecule has 0 unspecified atom stereocenters. The highest BCUT2D eigenvalue weighted by molar-refractivity contribution is 6.05. The number of carbonyl (C=O) groups is 2. The summed E-state index contributed by atoms with van der Waals surface area (Å²) in [5.74, 6) is 2.34. The number of benzene rings is 6. The van der Waals surface area contributed by atoms with Crippen molar-refractivity contribution in [1.29, 1.82) is 0 Å². The SMILES string of the molecule is Cc1ccc(NC(=O)c2cccc(C(F)(F)F)c2)cc1Nc1nc2ccccc2n1-c1cc(NCCN2CCCC2)ncn1.Cc1ccc(NC(=O)c2cccc(C(F)(F)F)c2)cc1Nc1nc2ccccc2n1-c1cc(NCCN2CCCC2)ncn1. The first-order chi connectivity index (χ1) is 42.5. The number of imidazole rings is 2. The maximum absolute atomic E-state index is 13.2. The molecule has 452 valence electrons. The van der Waals surface area contributed by atoms with E-state index in [2.05, 4.69) is 61.6 Å². The molecule has 0 spiro atoms. The number of para-hydroxylation sites is 4. The van der Waals surface area contributed by atoms with Gasteiger partial charge in [0.05, 0.1) is 33.2 Å². The molecule has 0 radical (unpaired) electrons. The summed E-state index contributed by atoms with van der Waals surface area (Å²) in [6.45, 7) is 11.7. The third kappa shape index (κ3) is 14.5. The zero-order valence-corrected chi connectivity index (χ0v) is 48.1. The Kier molecular flexibility index (Phi) is 17.9. The molecule has 10 aromatic rings. The lowest BCUT2D eigenvalue weighted by atomic mass is 10.1. The fourth-order valence-electron chi connectivity index (χ4n) is 10.5. The average molecular weight is 1200 g/mol. The predicted molar refractivity (Wildman–Crippen MR) is 329 cm³/mol. The van der Waals surface area contributed by atoms with E-state index in [1.54, 1.807) is 24.3 Å². The Morgan fingerprint density at radius 3 is 1.30 bits per heavy atom. The minimum absolute atomic E-state index is 0.0923. The highest BCUT2D eigenvalue weighted by atomic mass is 19.4. The second kappa shape index (κ2) is 26.4. The Labute approximate surface area is 502 Å². The van der Waals surface area contributed by atoms with Crippen molar-refractivity contribution in [1.82, 2.24) is 48.8 Å². The molecule has 12 rings (SSSR count). The molecule has 2 aliphatic heterocycles. The number of likely N-dealkylation sites (tertiary alicyclic amines) is 2. The zero-order chi connectivity index (χ0) is 61.4. The number of hydrogen-bond acceptors (Lipinski definition) is 14. The fourth-order valence-corrected chi connectivity index (χ4v) is 10.5. The Morgan fingerprint density at radius 1 is 0.477 bits per heavy atom. The normalized spacial score (nSPS) is 13.7. The molecule has 6 heterocycles. The summed E-state index contributed by atoms with van der Waals surface area (Å²) in [6.07, 6.45) is -1.09. The van der Waals surface area contributed by atoms with Gasteiger partial charge in [-0.1, -0.05) is 48.5 Å². The molecule has 24 heteroatoms. The van der Waals surface area contributed by atoms with E-state index in [-0.39, 0.29) is 11.1 Å². The number of fused-ring (bicyclic) bond motifs is 2. The van der Waals surface area contributed by atoms with Gasteiger partial charge in [-0.15, -0.1) is 0 Å². The highest BCUT2D eigenvalue weighted by Gasteiger charge is 2.32. The second-order valence-electron chi connectivity index (χ2n) is 21.4. The number of aryl methyl sites for hydroxylation is 2. The summed E-state index contributed by atoms with van der Waals surface area (Å²) in [5, 5.41) is 19.0. The van der Waals surface area contributed by atoms with Crippen molar-refractivity contribution >= 4 is 80.2 Å². The summed E-state index contributed by atoms with van der Waals surface area (Å²) in [5.41, 5.74) is 5.09. The summed E-state index contributed by atoms with van der Waals surface area (Å²) >= 11 is 0. The molecule has 0 bridgehead atoms. The van der Waals surface area contributed by atoms with Gasteiger partial charge < -0.3 is 41.7 Å². The molecule has 2 fully saturated rings. The van der Waals surface area contributed by atoms with Crippen molar-refractivity contribution < 1.29 is 35.9 Å². The minimum Gasteiger partial charge on any atom is -0.369 e. The van der Waals surface area contributed by atoms with E-state index in [4.69, 9.17) is 9.97 Å². The fraction of sp³-hybridized carbons (Fsp3) is 0.250. The molecule has 6 aromatic carbocycles. The van der Waals surface area contributed by atoms with E-state index < -0.39 is 35.3 Å². The Hall–Kier alpha value is -9.94. The van der Waals surface area contributed by atoms with Gasteiger partial charge in [0.15, 0.2) is 0 Å². The van der Waals surface area contributed by atoms with Crippen LogP contribution in [0.15, 0.2) is 158 Å². The van der Waals surface area contributed by atoms with Crippen LogP contribution < -0.4 is 31.9 Å². The van der Waals surface area contributed by atoms with Gasteiger partial charge >= 0.3 is 12.4 Å². The molecule has 0 atom stereocenters. The number of aromatic nitrogens is 8. The van der Waals surface area contributed by atoms with E-state index in [1.165, 1.54) is 62.6 Å². The first-order valence-electron chi connectivity index (χ1n) is 28.7. The number of hydrogen-bond donors (Lipinski definition) is 6. The number of rotatable bonds is 18. The smallest absolute Gasteiger partial charge is 0.369 e. The van der Waals surface area contributed by atoms with E-state index >= 15 is 0 Å². The second-order valence-corrected chi connectivity index (χ2v) is 21.4. The van der Waals surface area contributed by atoms with Crippen LogP contribution in [0.5, 0.6) is 0 Å². The monoisotopic (exact) mass is 1200 g/mol. The molecule has 2 aliphatic rings. The molecule has 2 amide bonds. The average Bonchev–Trinajstić information content (AvgIpc) is 3.37. The van der Waals surface area contributed by atoms with Crippen LogP contribution in [-0.4, -0.2) is 113 Å². The Morgan fingerprint density at radius 2 is 0.886 bits per heavy atom. The molecular weight excluding hydrogens is 1140 g/mol. The molecule has 88 heavy (non-hydrogen) atoms. The van der Waals surface area contributed by atoms with Gasteiger partial charge in [0.25, 0.3) is 11.8 Å². The van der Waals surface area contributed by atoms with E-state index in [0.29, 0.717) is 57.9 Å². The minimum atomic E-state index is -4.54. The van der Waals surface area contributed by atoms with Crippen LogP contribution in [0.4, 0.5) is 72.6 Å². The third-order valence-electron chi connectivity index (χ3n) is 15.1. The number of nitrogens with one attached hydrogen (secondary N) is 6. The van der Waals surface area contributed by atoms with Crippen molar-refractivity contribution in [2.75, 3.05) is 84.3 Å². The van der Waals surface area contributed by atoms with Crippen LogP contribution in [0.3, 0.4) is 0 Å². The highest BCUT2D eigenvalue weighted by Crippen LogP contribution is 2.34. The maximum atomic E-state index is 13.2. The van der Waals surface area contributed by atoms with Gasteiger partial charge in [-0.3, -0.25) is 18.7 Å². The quantitative estimate of drug-likeness (QED) is 0.0443. The predicted octanol–water partition coefficient (Wildman–Crippen LogP) is 13.3. The first kappa shape index (κ1) is 59.8. The molecule has 18 nitrogen and oxygen atoms in total. The molecule has 6 N–H and O–H groups in total. The summed E-state index contributed by atoms with van der Waals surface area (Å²) in [6, 6.07) is 38.2. The van der Waals surface area contributed by atoms with Crippen molar-refractivity contribution in [2.45, 2.75) is 51.9 Å². The summed E-state index contributed by atoms with van der Waals surface area (Å²) in [4.78, 5) is 58.1. The summed E-state index contributed by atoms with van der Waals surface area (Å²) < 4.78 is 82.8. The largest absolute Gasteiger partial charge is 0.416 e. The van der Waals surface area contributed by atoms with Crippen LogP contribution in [0.25, 0.3) is 33.7 Å². The van der Waals surface area contributed by atoms with Gasteiger partial charge in [0, 0.05) is 72.2 Å². The van der Waals surface area contributed by atoms with Crippen LogP contribution >= 0.6 is 0 Å². The van der Waals surface area contributed by atoms with Gasteiger partial charge in [0.1, 0.15) is 35.9 Å². The van der Waals surface area contributed by atoms with Gasteiger partial charge in [0.2, 0.25) is 11.9 Å². The molecule has 4 aromatic heterocycles. The molecular formula is C64H62F6N16O2. The van der Waals surface area contributed by atoms with E-state index in [1.807, 2.05) is 95.8 Å². The van der Waals surface area contributed by atoms with Gasteiger partial charge in [-0.05, 0) is 162 Å². The lowest BCUT2D eigenvalue weighted by Gasteiger charge is -2.16. The number of nitrogens with zero attached hydrogens (tertiary/aromatic N) is 10. The third-order valence-corrected chi connectivity index (χ3v) is 15.1. The Balaban J connectivity index is 0.000000182. The van der Waals surface area contributed by atoms with Crippen molar-refractivity contribution in [3.05, 3.63) is 192 Å². The van der Waals surface area contributed by atoms with E-state index in [9.17, 15) is 35.9 Å². The van der Waals surface area contributed by atoms with Crippen LogP contribution in [0.1, 0.15) is 68.7 Å². The van der Waals surface area contributed by atoms with Crippen molar-refractivity contribution in [3.63, 3.8) is 0 Å². The van der Waals surface area contributed by atoms with Crippen molar-refractivity contribution in [2.24, 2.45) is 0 Å². The van der Waals surface area contributed by atoms with Gasteiger partial charge in [-0.25, -0.2) is 29.9 Å². The maximum Gasteiger partial charge on any atom is 0.416 e. The number of carbonyl (C=O) groups excluding carboxylic acids is 2. The lowest BCUT2D eigenvalue weighted by Crippen LogP contribution is -2.26. The lowest BCUT2D eigenvalue weighted by molar-refractivity contribution is -0.138. The Bertz CT molecular complexity index is 3860. The van der Waals surface area contributed by atoms with Gasteiger partial charge in [-0.2, -0.15) is 26.3 Å². The number of halogens is 6. The number of anilines is 8. The number of alkyl halides is 6. The van der Waals surface area contributed by atoms with Crippen LogP contribution in [0, 0.1) is 13.8 Å². The zero-order valence-electron chi connectivity index (χ0n) is 48.1. The first-order valence-corrected chi connectivity index (χ1v) is 28.7. The topological polar surface area (TPSA) is 200 Å². The summed E-state index contributed by atoms with van der Waals surface area (Å²) in [7, 11) is 0. The number of amides is 2. The van der Waals surface area contributed by atoms with Crippen LogP contribution in [-0.2, 0) is 12.4 Å². The van der Waals surface area contributed by atoms with Crippen molar-refractivity contribution in [3.8, 4) is 11.6 Å². The molecule has 0 aliphatic carbocycles.